The number of rotatable bonds is 3. The predicted octanol–water partition coefficient (Wildman–Crippen LogP) is 1.45. The molecule has 0 atom stereocenters. The summed E-state index contributed by atoms with van der Waals surface area (Å²) in [5.74, 6) is 0.0435. The Labute approximate surface area is 99.6 Å². The van der Waals surface area contributed by atoms with Crippen molar-refractivity contribution in [3.63, 3.8) is 0 Å². The third-order valence-corrected chi connectivity index (χ3v) is 4.23. The Bertz CT molecular complexity index is 632. The lowest BCUT2D eigenvalue weighted by molar-refractivity contribution is 0.597. The van der Waals surface area contributed by atoms with E-state index >= 15 is 0 Å². The van der Waals surface area contributed by atoms with Crippen molar-refractivity contribution in [3.8, 4) is 11.3 Å². The third-order valence-electron chi connectivity index (χ3n) is 2.49. The Morgan fingerprint density at radius 3 is 2.82 bits per heavy atom. The molecule has 0 aliphatic heterocycles. The van der Waals surface area contributed by atoms with Gasteiger partial charge in [-0.1, -0.05) is 19.1 Å². The van der Waals surface area contributed by atoms with Gasteiger partial charge in [0.1, 0.15) is 4.90 Å². The summed E-state index contributed by atoms with van der Waals surface area (Å²) >= 11 is 0. The summed E-state index contributed by atoms with van der Waals surface area (Å²) in [7, 11) is -3.28. The molecule has 0 amide bonds. The molecule has 0 bridgehead atoms. The minimum absolute atomic E-state index is 0.0435. The molecule has 2 rings (SSSR count). The van der Waals surface area contributed by atoms with Gasteiger partial charge < -0.3 is 5.73 Å². The topological polar surface area (TPSA) is 88.8 Å². The first kappa shape index (κ1) is 11.7. The minimum Gasteiger partial charge on any atom is -0.399 e. The number of nitrogens with zero attached hydrogens (tertiary/aromatic N) is 1. The molecule has 5 nitrogen and oxygen atoms in total. The van der Waals surface area contributed by atoms with Crippen molar-refractivity contribution in [2.75, 3.05) is 11.5 Å². The zero-order valence-corrected chi connectivity index (χ0v) is 10.2. The molecule has 3 N–H and O–H groups in total. The highest BCUT2D eigenvalue weighted by molar-refractivity contribution is 7.91. The van der Waals surface area contributed by atoms with Crippen LogP contribution < -0.4 is 5.73 Å². The molecular weight excluding hydrogens is 238 g/mol. The van der Waals surface area contributed by atoms with Gasteiger partial charge in [-0.15, -0.1) is 0 Å². The quantitative estimate of drug-likeness (QED) is 0.808. The molecular formula is C11H13N3O2S. The number of hydrogen-bond donors (Lipinski definition) is 2. The molecule has 0 aliphatic carbocycles. The van der Waals surface area contributed by atoms with Crippen LogP contribution in [0.25, 0.3) is 11.3 Å². The lowest BCUT2D eigenvalue weighted by Crippen LogP contribution is -2.04. The van der Waals surface area contributed by atoms with Gasteiger partial charge in [-0.05, 0) is 12.1 Å². The molecule has 0 radical (unpaired) electrons. The molecule has 0 saturated heterocycles. The summed E-state index contributed by atoms with van der Waals surface area (Å²) in [6.45, 7) is 1.60. The average molecular weight is 251 g/mol. The van der Waals surface area contributed by atoms with Gasteiger partial charge >= 0.3 is 0 Å². The van der Waals surface area contributed by atoms with Crippen molar-refractivity contribution in [2.24, 2.45) is 0 Å². The molecule has 17 heavy (non-hydrogen) atoms. The highest BCUT2D eigenvalue weighted by atomic mass is 32.2. The van der Waals surface area contributed by atoms with Crippen LogP contribution >= 0.6 is 0 Å². The van der Waals surface area contributed by atoms with Gasteiger partial charge in [0.05, 0.1) is 17.6 Å². The van der Waals surface area contributed by atoms with Crippen molar-refractivity contribution < 1.29 is 8.42 Å². The molecule has 0 saturated carbocycles. The summed E-state index contributed by atoms with van der Waals surface area (Å²) in [6, 6.07) is 7.02. The number of hydrogen-bond acceptors (Lipinski definition) is 4. The summed E-state index contributed by atoms with van der Waals surface area (Å²) in [4.78, 5) is 0.214. The second-order valence-electron chi connectivity index (χ2n) is 3.64. The van der Waals surface area contributed by atoms with Crippen LogP contribution in [0.5, 0.6) is 0 Å². The fraction of sp³-hybridized carbons (Fsp3) is 0.182. The Balaban J connectivity index is 2.59. The van der Waals surface area contributed by atoms with E-state index in [0.29, 0.717) is 11.4 Å². The summed E-state index contributed by atoms with van der Waals surface area (Å²) in [5.41, 5.74) is 7.46. The Morgan fingerprint density at radius 1 is 1.41 bits per heavy atom. The zero-order chi connectivity index (χ0) is 12.5. The standard InChI is InChI=1S/C11H13N3O2S/c1-2-17(15,16)10-7-13-14-11(10)8-4-3-5-9(12)6-8/h3-7H,2,12H2,1H3,(H,13,14). The second kappa shape index (κ2) is 4.21. The monoisotopic (exact) mass is 251 g/mol. The van der Waals surface area contributed by atoms with E-state index in [-0.39, 0.29) is 10.6 Å². The second-order valence-corrected chi connectivity index (χ2v) is 5.88. The Kier molecular flexibility index (Phi) is 2.89. The largest absolute Gasteiger partial charge is 0.399 e. The molecule has 1 aromatic carbocycles. The number of anilines is 1. The summed E-state index contributed by atoms with van der Waals surface area (Å²) < 4.78 is 23.7. The first-order valence-corrected chi connectivity index (χ1v) is 6.82. The van der Waals surface area contributed by atoms with Crippen molar-refractivity contribution >= 4 is 15.5 Å². The smallest absolute Gasteiger partial charge is 0.181 e. The number of nitrogens with two attached hydrogens (primary N) is 1. The van der Waals surface area contributed by atoms with Crippen LogP contribution in [0.4, 0.5) is 5.69 Å². The number of H-pyrrole nitrogens is 1. The third kappa shape index (κ3) is 2.16. The first-order chi connectivity index (χ1) is 8.04. The van der Waals surface area contributed by atoms with Crippen molar-refractivity contribution in [3.05, 3.63) is 30.5 Å². The number of benzene rings is 1. The van der Waals surface area contributed by atoms with E-state index in [1.807, 2.05) is 0 Å². The van der Waals surface area contributed by atoms with Gasteiger partial charge in [0.25, 0.3) is 0 Å². The fourth-order valence-corrected chi connectivity index (χ4v) is 2.57. The molecule has 0 unspecified atom stereocenters. The Hall–Kier alpha value is -1.82. The SMILES string of the molecule is CCS(=O)(=O)c1cn[nH]c1-c1cccc(N)c1. The van der Waals surface area contributed by atoms with E-state index in [1.54, 1.807) is 31.2 Å². The lowest BCUT2D eigenvalue weighted by Gasteiger charge is -2.03. The molecule has 0 fully saturated rings. The summed E-state index contributed by atoms with van der Waals surface area (Å²) in [6.07, 6.45) is 1.33. The first-order valence-electron chi connectivity index (χ1n) is 5.16. The maximum Gasteiger partial charge on any atom is 0.181 e. The van der Waals surface area contributed by atoms with Crippen LogP contribution in [0.1, 0.15) is 6.92 Å². The number of aromatic amines is 1. The molecule has 0 aliphatic rings. The van der Waals surface area contributed by atoms with Gasteiger partial charge in [0.2, 0.25) is 0 Å². The molecule has 1 aromatic heterocycles. The van der Waals surface area contributed by atoms with Gasteiger partial charge in [0.15, 0.2) is 9.84 Å². The van der Waals surface area contributed by atoms with Crippen LogP contribution in [0.3, 0.4) is 0 Å². The maximum atomic E-state index is 11.8. The Morgan fingerprint density at radius 2 is 2.18 bits per heavy atom. The van der Waals surface area contributed by atoms with Crippen molar-refractivity contribution in [1.82, 2.24) is 10.2 Å². The fourth-order valence-electron chi connectivity index (χ4n) is 1.57. The average Bonchev–Trinajstić information content (AvgIpc) is 2.78. The van der Waals surface area contributed by atoms with Gasteiger partial charge in [-0.25, -0.2) is 8.42 Å². The van der Waals surface area contributed by atoms with Gasteiger partial charge in [0, 0.05) is 11.3 Å². The number of aromatic nitrogens is 2. The van der Waals surface area contributed by atoms with Crippen molar-refractivity contribution in [2.45, 2.75) is 11.8 Å². The minimum atomic E-state index is -3.28. The summed E-state index contributed by atoms with van der Waals surface area (Å²) in [5, 5.41) is 6.50. The number of sulfone groups is 1. The van der Waals surface area contributed by atoms with E-state index in [2.05, 4.69) is 10.2 Å². The molecule has 2 aromatic rings. The van der Waals surface area contributed by atoms with E-state index in [1.165, 1.54) is 6.20 Å². The lowest BCUT2D eigenvalue weighted by atomic mass is 10.1. The zero-order valence-electron chi connectivity index (χ0n) is 9.34. The van der Waals surface area contributed by atoms with E-state index in [4.69, 9.17) is 5.73 Å². The van der Waals surface area contributed by atoms with E-state index in [9.17, 15) is 8.42 Å². The number of nitrogens with one attached hydrogen (secondary N) is 1. The van der Waals surface area contributed by atoms with E-state index < -0.39 is 9.84 Å². The van der Waals surface area contributed by atoms with Crippen LogP contribution in [-0.4, -0.2) is 24.4 Å². The van der Waals surface area contributed by atoms with Crippen LogP contribution in [0.15, 0.2) is 35.4 Å². The van der Waals surface area contributed by atoms with Gasteiger partial charge in [-0.2, -0.15) is 5.10 Å². The highest BCUT2D eigenvalue weighted by Crippen LogP contribution is 2.26. The molecule has 6 heteroatoms. The van der Waals surface area contributed by atoms with Crippen LogP contribution in [-0.2, 0) is 9.84 Å². The van der Waals surface area contributed by atoms with Crippen LogP contribution in [0, 0.1) is 0 Å². The van der Waals surface area contributed by atoms with Crippen LogP contribution in [0.2, 0.25) is 0 Å². The molecule has 1 heterocycles. The predicted molar refractivity (Wildman–Crippen MR) is 66.2 cm³/mol. The maximum absolute atomic E-state index is 11.8. The number of nitrogen functional groups attached to an aromatic ring is 1. The van der Waals surface area contributed by atoms with E-state index in [0.717, 1.165) is 5.56 Å². The normalized spacial score (nSPS) is 11.6. The van der Waals surface area contributed by atoms with Crippen molar-refractivity contribution in [1.29, 1.82) is 0 Å². The molecule has 90 valence electrons. The molecule has 0 spiro atoms. The van der Waals surface area contributed by atoms with Gasteiger partial charge in [-0.3, -0.25) is 5.10 Å². The highest BCUT2D eigenvalue weighted by Gasteiger charge is 2.19.